The number of hydrogen-bond acceptors (Lipinski definition) is 4. The molecule has 8 nitrogen and oxygen atoms in total. The average Bonchev–Trinajstić information content (AvgIpc) is 2.97. The fourth-order valence-electron chi connectivity index (χ4n) is 2.32. The number of piperidine rings is 1. The van der Waals surface area contributed by atoms with E-state index in [9.17, 15) is 13.2 Å². The van der Waals surface area contributed by atoms with Crippen LogP contribution < -0.4 is 4.72 Å². The first-order valence-electron chi connectivity index (χ1n) is 6.92. The monoisotopic (exact) mass is 316 g/mol. The van der Waals surface area contributed by atoms with Crippen LogP contribution in [-0.4, -0.2) is 53.0 Å². The summed E-state index contributed by atoms with van der Waals surface area (Å²) in [6.07, 6.45) is 6.59. The summed E-state index contributed by atoms with van der Waals surface area (Å²) in [5, 5.41) is 8.90. The second-order valence-corrected chi connectivity index (χ2v) is 6.82. The molecule has 1 saturated heterocycles. The van der Waals surface area contributed by atoms with Crippen LogP contribution in [0.3, 0.4) is 0 Å². The number of nitrogens with one attached hydrogen (secondary N) is 1. The van der Waals surface area contributed by atoms with Crippen molar-refractivity contribution in [3.05, 3.63) is 18.7 Å². The van der Waals surface area contributed by atoms with Crippen LogP contribution in [0.4, 0.5) is 0 Å². The Bertz CT molecular complexity index is 550. The summed E-state index contributed by atoms with van der Waals surface area (Å²) >= 11 is 0. The Labute approximate surface area is 124 Å². The predicted molar refractivity (Wildman–Crippen MR) is 75.7 cm³/mol. The highest BCUT2D eigenvalue weighted by Gasteiger charge is 2.30. The van der Waals surface area contributed by atoms with Crippen LogP contribution >= 0.6 is 0 Å². The fourth-order valence-corrected chi connectivity index (χ4v) is 3.59. The molecule has 1 aliphatic rings. The molecule has 2 rings (SSSR count). The summed E-state index contributed by atoms with van der Waals surface area (Å²) in [5.74, 6) is -1.28. The third-order valence-corrected chi connectivity index (χ3v) is 5.19. The zero-order valence-corrected chi connectivity index (χ0v) is 12.5. The summed E-state index contributed by atoms with van der Waals surface area (Å²) < 4.78 is 29.9. The Hall–Kier alpha value is -1.45. The van der Waals surface area contributed by atoms with Crippen molar-refractivity contribution < 1.29 is 18.3 Å². The third-order valence-electron chi connectivity index (χ3n) is 3.58. The Balaban J connectivity index is 1.73. The molecule has 0 radical (unpaired) electrons. The number of aromatic nitrogens is 2. The van der Waals surface area contributed by atoms with Crippen molar-refractivity contribution >= 4 is 16.2 Å². The number of aliphatic carboxylic acids is 1. The van der Waals surface area contributed by atoms with Crippen molar-refractivity contribution in [1.29, 1.82) is 0 Å². The first-order valence-corrected chi connectivity index (χ1v) is 8.36. The van der Waals surface area contributed by atoms with Gasteiger partial charge in [-0.2, -0.15) is 12.7 Å². The summed E-state index contributed by atoms with van der Waals surface area (Å²) in [6.45, 7) is 1.56. The minimum absolute atomic E-state index is 0.258. The quantitative estimate of drug-likeness (QED) is 0.684. The van der Waals surface area contributed by atoms with Crippen LogP contribution in [0.1, 0.15) is 19.3 Å². The Morgan fingerprint density at radius 1 is 1.38 bits per heavy atom. The van der Waals surface area contributed by atoms with E-state index >= 15 is 0 Å². The van der Waals surface area contributed by atoms with Gasteiger partial charge in [-0.25, -0.2) is 9.71 Å². The lowest BCUT2D eigenvalue weighted by atomic mass is 9.99. The zero-order valence-electron chi connectivity index (χ0n) is 11.7. The highest BCUT2D eigenvalue weighted by molar-refractivity contribution is 7.87. The van der Waals surface area contributed by atoms with Crippen molar-refractivity contribution in [3.8, 4) is 0 Å². The average molecular weight is 316 g/mol. The van der Waals surface area contributed by atoms with Gasteiger partial charge in [-0.05, 0) is 19.3 Å². The number of carboxylic acids is 1. The fraction of sp³-hybridized carbons (Fsp3) is 0.667. The van der Waals surface area contributed by atoms with Gasteiger partial charge in [0.15, 0.2) is 0 Å². The molecule has 0 spiro atoms. The smallest absolute Gasteiger partial charge is 0.306 e. The molecule has 9 heteroatoms. The molecule has 0 atom stereocenters. The van der Waals surface area contributed by atoms with E-state index in [0.717, 1.165) is 0 Å². The molecule has 1 aliphatic heterocycles. The third kappa shape index (κ3) is 4.51. The van der Waals surface area contributed by atoms with Gasteiger partial charge in [0.1, 0.15) is 0 Å². The molecule has 2 heterocycles. The number of carboxylic acid groups (broad SMARTS) is 1. The van der Waals surface area contributed by atoms with Gasteiger partial charge in [0, 0.05) is 38.6 Å². The molecule has 1 aromatic rings. The van der Waals surface area contributed by atoms with Gasteiger partial charge in [-0.1, -0.05) is 0 Å². The summed E-state index contributed by atoms with van der Waals surface area (Å²) in [5.41, 5.74) is 0. The van der Waals surface area contributed by atoms with Gasteiger partial charge in [0.05, 0.1) is 12.2 Å². The van der Waals surface area contributed by atoms with Crippen LogP contribution in [0.2, 0.25) is 0 Å². The van der Waals surface area contributed by atoms with Gasteiger partial charge in [0.2, 0.25) is 0 Å². The normalized spacial score (nSPS) is 17.9. The van der Waals surface area contributed by atoms with E-state index < -0.39 is 22.1 Å². The molecule has 0 bridgehead atoms. The van der Waals surface area contributed by atoms with Gasteiger partial charge >= 0.3 is 5.97 Å². The lowest BCUT2D eigenvalue weighted by molar-refractivity contribution is -0.142. The van der Waals surface area contributed by atoms with Crippen molar-refractivity contribution in [2.45, 2.75) is 25.8 Å². The largest absolute Gasteiger partial charge is 0.481 e. The number of hydrogen-bond donors (Lipinski definition) is 2. The first kappa shape index (κ1) is 15.9. The van der Waals surface area contributed by atoms with E-state index in [0.29, 0.717) is 32.4 Å². The van der Waals surface area contributed by atoms with Crippen molar-refractivity contribution in [1.82, 2.24) is 18.6 Å². The summed E-state index contributed by atoms with van der Waals surface area (Å²) in [7, 11) is -3.51. The van der Waals surface area contributed by atoms with Crippen LogP contribution in [0, 0.1) is 5.92 Å². The zero-order chi connectivity index (χ0) is 15.3. The molecule has 2 N–H and O–H groups in total. The minimum Gasteiger partial charge on any atom is -0.481 e. The van der Waals surface area contributed by atoms with Crippen LogP contribution in [0.5, 0.6) is 0 Å². The molecule has 0 amide bonds. The Kier molecular flexibility index (Phi) is 5.32. The summed E-state index contributed by atoms with van der Waals surface area (Å²) in [6, 6.07) is 0. The number of rotatable bonds is 7. The van der Waals surface area contributed by atoms with E-state index in [2.05, 4.69) is 9.71 Å². The lowest BCUT2D eigenvalue weighted by Gasteiger charge is -2.29. The highest BCUT2D eigenvalue weighted by Crippen LogP contribution is 2.19. The van der Waals surface area contributed by atoms with E-state index in [4.69, 9.17) is 5.11 Å². The van der Waals surface area contributed by atoms with Crippen molar-refractivity contribution in [2.24, 2.45) is 5.92 Å². The van der Waals surface area contributed by atoms with Crippen LogP contribution in [-0.2, 0) is 21.5 Å². The molecule has 0 aliphatic carbocycles. The van der Waals surface area contributed by atoms with Crippen molar-refractivity contribution in [3.63, 3.8) is 0 Å². The number of aryl methyl sites for hydroxylation is 1. The molecule has 1 aromatic heterocycles. The molecule has 0 aromatic carbocycles. The highest BCUT2D eigenvalue weighted by atomic mass is 32.2. The molecule has 0 unspecified atom stereocenters. The molecule has 118 valence electrons. The van der Waals surface area contributed by atoms with Crippen molar-refractivity contribution in [2.75, 3.05) is 19.6 Å². The molecular formula is C12H20N4O4S. The van der Waals surface area contributed by atoms with Gasteiger partial charge in [-0.15, -0.1) is 0 Å². The second-order valence-electron chi connectivity index (χ2n) is 5.06. The van der Waals surface area contributed by atoms with Crippen LogP contribution in [0.15, 0.2) is 18.7 Å². The SMILES string of the molecule is O=C(O)C1CCN(S(=O)(=O)NCCCn2ccnc2)CC1. The van der Waals surface area contributed by atoms with E-state index in [1.54, 1.807) is 12.5 Å². The lowest BCUT2D eigenvalue weighted by Crippen LogP contribution is -2.46. The second kappa shape index (κ2) is 7.01. The van der Waals surface area contributed by atoms with Crippen LogP contribution in [0.25, 0.3) is 0 Å². The maximum Gasteiger partial charge on any atom is 0.306 e. The van der Waals surface area contributed by atoms with E-state index in [1.165, 1.54) is 4.31 Å². The maximum absolute atomic E-state index is 12.1. The number of nitrogens with zero attached hydrogens (tertiary/aromatic N) is 3. The van der Waals surface area contributed by atoms with Gasteiger partial charge in [-0.3, -0.25) is 4.79 Å². The topological polar surface area (TPSA) is 105 Å². The van der Waals surface area contributed by atoms with E-state index in [-0.39, 0.29) is 13.1 Å². The Morgan fingerprint density at radius 2 is 2.10 bits per heavy atom. The predicted octanol–water partition coefficient (Wildman–Crippen LogP) is -0.0958. The number of carbonyl (C=O) groups is 1. The maximum atomic E-state index is 12.1. The van der Waals surface area contributed by atoms with Gasteiger partial charge < -0.3 is 9.67 Å². The molecule has 0 saturated carbocycles. The molecule has 1 fully saturated rings. The van der Waals surface area contributed by atoms with E-state index in [1.807, 2.05) is 10.8 Å². The Morgan fingerprint density at radius 3 is 2.67 bits per heavy atom. The van der Waals surface area contributed by atoms with Gasteiger partial charge in [0.25, 0.3) is 10.2 Å². The first-order chi connectivity index (χ1) is 9.99. The molecular weight excluding hydrogens is 296 g/mol. The molecule has 21 heavy (non-hydrogen) atoms. The minimum atomic E-state index is -3.51. The number of imidazole rings is 1. The summed E-state index contributed by atoms with van der Waals surface area (Å²) in [4.78, 5) is 14.8. The standard InChI is InChI=1S/C12H20N4O4S/c17-12(18)11-2-7-16(8-3-11)21(19,20)14-4-1-6-15-9-5-13-10-15/h5,9-11,14H,1-4,6-8H2,(H,17,18).